The molecule has 1 heterocycles. The molecular formula is C14H23N3O. The van der Waals surface area contributed by atoms with Gasteiger partial charge in [-0.1, -0.05) is 25.7 Å². The van der Waals surface area contributed by atoms with Gasteiger partial charge in [0, 0.05) is 18.0 Å². The number of aliphatic hydroxyl groups is 1. The average Bonchev–Trinajstić information content (AvgIpc) is 2.65. The van der Waals surface area contributed by atoms with Crippen molar-refractivity contribution in [3.05, 3.63) is 24.3 Å². The van der Waals surface area contributed by atoms with Crippen molar-refractivity contribution >= 4 is 0 Å². The Hall–Kier alpha value is -1.00. The fourth-order valence-electron chi connectivity index (χ4n) is 3.07. The summed E-state index contributed by atoms with van der Waals surface area (Å²) in [6.07, 6.45) is 11.4. The first-order chi connectivity index (χ1) is 8.67. The Balaban J connectivity index is 2.29. The number of aromatic nitrogens is 2. The van der Waals surface area contributed by atoms with Crippen molar-refractivity contribution in [1.82, 2.24) is 14.9 Å². The topological polar surface area (TPSA) is 49.2 Å². The zero-order valence-electron chi connectivity index (χ0n) is 11.3. The van der Waals surface area contributed by atoms with Crippen molar-refractivity contribution < 1.29 is 5.11 Å². The Morgan fingerprint density at radius 2 is 1.67 bits per heavy atom. The molecule has 1 aliphatic rings. The van der Waals surface area contributed by atoms with Crippen LogP contribution in [0, 0.1) is 0 Å². The molecule has 0 aliphatic heterocycles. The Morgan fingerprint density at radius 1 is 1.11 bits per heavy atom. The molecule has 0 aromatic carbocycles. The molecule has 2 rings (SSSR count). The molecule has 18 heavy (non-hydrogen) atoms. The largest absolute Gasteiger partial charge is 0.386 e. The van der Waals surface area contributed by atoms with Gasteiger partial charge in [0.2, 0.25) is 0 Å². The van der Waals surface area contributed by atoms with Gasteiger partial charge in [-0.15, -0.1) is 0 Å². The highest BCUT2D eigenvalue weighted by atomic mass is 16.3. The van der Waals surface area contributed by atoms with Crippen LogP contribution in [0.1, 0.15) is 50.2 Å². The molecule has 1 aromatic rings. The third kappa shape index (κ3) is 2.54. The summed E-state index contributed by atoms with van der Waals surface area (Å²) >= 11 is 0. The lowest BCUT2D eigenvalue weighted by Crippen LogP contribution is -2.49. The third-order valence-electron chi connectivity index (χ3n) is 4.27. The molecule has 1 aromatic heterocycles. The second-order valence-corrected chi connectivity index (χ2v) is 5.49. The molecule has 0 bridgehead atoms. The van der Waals surface area contributed by atoms with Crippen LogP contribution in [0.15, 0.2) is 18.7 Å². The summed E-state index contributed by atoms with van der Waals surface area (Å²) in [5.41, 5.74) is 0.661. The van der Waals surface area contributed by atoms with Crippen LogP contribution in [0.3, 0.4) is 0 Å². The fraction of sp³-hybridized carbons (Fsp3) is 0.714. The molecule has 0 saturated heterocycles. The van der Waals surface area contributed by atoms with E-state index in [-0.39, 0.29) is 5.54 Å². The summed E-state index contributed by atoms with van der Waals surface area (Å²) in [7, 11) is 4.14. The molecular weight excluding hydrogens is 226 g/mol. The number of nitrogens with zero attached hydrogens (tertiary/aromatic N) is 3. The number of rotatable bonds is 3. The van der Waals surface area contributed by atoms with Crippen molar-refractivity contribution in [2.45, 2.75) is 50.2 Å². The minimum Gasteiger partial charge on any atom is -0.386 e. The summed E-state index contributed by atoms with van der Waals surface area (Å²) in [6, 6.07) is 0. The zero-order valence-corrected chi connectivity index (χ0v) is 11.3. The minimum absolute atomic E-state index is 0.165. The van der Waals surface area contributed by atoms with Gasteiger partial charge in [0.1, 0.15) is 12.4 Å². The normalized spacial score (nSPS) is 21.6. The quantitative estimate of drug-likeness (QED) is 0.834. The number of hydrogen-bond donors (Lipinski definition) is 1. The second-order valence-electron chi connectivity index (χ2n) is 5.49. The first-order valence-electron chi connectivity index (χ1n) is 6.77. The molecule has 1 N–H and O–H groups in total. The molecule has 1 unspecified atom stereocenters. The van der Waals surface area contributed by atoms with Gasteiger partial charge in [-0.2, -0.15) is 0 Å². The summed E-state index contributed by atoms with van der Waals surface area (Å²) in [6.45, 7) is 0. The first kappa shape index (κ1) is 13.4. The molecule has 1 aliphatic carbocycles. The Kier molecular flexibility index (Phi) is 4.30. The average molecular weight is 249 g/mol. The van der Waals surface area contributed by atoms with Crippen molar-refractivity contribution in [3.8, 4) is 0 Å². The van der Waals surface area contributed by atoms with Crippen LogP contribution in [0.4, 0.5) is 0 Å². The van der Waals surface area contributed by atoms with Crippen LogP contribution in [0.25, 0.3) is 0 Å². The van der Waals surface area contributed by atoms with Gasteiger partial charge >= 0.3 is 0 Å². The molecule has 1 atom stereocenters. The standard InChI is InChI=1S/C14H23N3O/c1-17(2)14(7-5-3-4-6-8-14)13(18)12-9-15-11-16-10-12/h9-11,13,18H,3-8H2,1-2H3. The van der Waals surface area contributed by atoms with E-state index >= 15 is 0 Å². The maximum atomic E-state index is 10.8. The molecule has 1 fully saturated rings. The van der Waals surface area contributed by atoms with Crippen LogP contribution < -0.4 is 0 Å². The van der Waals surface area contributed by atoms with E-state index in [4.69, 9.17) is 0 Å². The van der Waals surface area contributed by atoms with Crippen molar-refractivity contribution in [1.29, 1.82) is 0 Å². The highest BCUT2D eigenvalue weighted by molar-refractivity contribution is 5.14. The van der Waals surface area contributed by atoms with Gasteiger partial charge in [-0.3, -0.25) is 0 Å². The Morgan fingerprint density at radius 3 is 2.17 bits per heavy atom. The van der Waals surface area contributed by atoms with E-state index < -0.39 is 6.10 Å². The van der Waals surface area contributed by atoms with Crippen LogP contribution >= 0.6 is 0 Å². The monoisotopic (exact) mass is 249 g/mol. The maximum Gasteiger partial charge on any atom is 0.115 e. The SMILES string of the molecule is CN(C)C1(C(O)c2cncnc2)CCCCCC1. The van der Waals surface area contributed by atoms with Crippen molar-refractivity contribution in [3.63, 3.8) is 0 Å². The van der Waals surface area contributed by atoms with E-state index in [9.17, 15) is 5.11 Å². The summed E-state index contributed by atoms with van der Waals surface area (Å²) in [4.78, 5) is 10.2. The molecule has 0 radical (unpaired) electrons. The Labute approximate surface area is 109 Å². The zero-order chi connectivity index (χ0) is 13.0. The van der Waals surface area contributed by atoms with E-state index in [1.54, 1.807) is 12.4 Å². The molecule has 1 saturated carbocycles. The Bertz CT molecular complexity index is 359. The van der Waals surface area contributed by atoms with Gasteiger partial charge in [-0.05, 0) is 26.9 Å². The van der Waals surface area contributed by atoms with Crippen molar-refractivity contribution in [2.75, 3.05) is 14.1 Å². The number of likely N-dealkylation sites (N-methyl/N-ethyl adjacent to an activating group) is 1. The lowest BCUT2D eigenvalue weighted by atomic mass is 9.80. The highest BCUT2D eigenvalue weighted by Crippen LogP contribution is 2.40. The van der Waals surface area contributed by atoms with E-state index in [0.29, 0.717) is 0 Å². The van der Waals surface area contributed by atoms with Crippen molar-refractivity contribution in [2.24, 2.45) is 0 Å². The third-order valence-corrected chi connectivity index (χ3v) is 4.27. The van der Waals surface area contributed by atoms with E-state index in [2.05, 4.69) is 29.0 Å². The summed E-state index contributed by atoms with van der Waals surface area (Å²) in [5.74, 6) is 0. The van der Waals surface area contributed by atoms with Gasteiger partial charge < -0.3 is 10.0 Å². The van der Waals surface area contributed by atoms with Gasteiger partial charge in [0.25, 0.3) is 0 Å². The van der Waals surface area contributed by atoms with E-state index in [1.165, 1.54) is 32.0 Å². The maximum absolute atomic E-state index is 10.8. The summed E-state index contributed by atoms with van der Waals surface area (Å²) < 4.78 is 0. The lowest BCUT2D eigenvalue weighted by molar-refractivity contribution is -0.0202. The molecule has 4 heteroatoms. The number of aliphatic hydroxyl groups excluding tert-OH is 1. The van der Waals surface area contributed by atoms with Gasteiger partial charge in [0.05, 0.1) is 5.54 Å². The molecule has 0 spiro atoms. The van der Waals surface area contributed by atoms with Gasteiger partial charge in [-0.25, -0.2) is 9.97 Å². The molecule has 0 amide bonds. The molecule has 4 nitrogen and oxygen atoms in total. The first-order valence-corrected chi connectivity index (χ1v) is 6.77. The van der Waals surface area contributed by atoms with Gasteiger partial charge in [0.15, 0.2) is 0 Å². The fourth-order valence-corrected chi connectivity index (χ4v) is 3.07. The van der Waals surface area contributed by atoms with Crippen LogP contribution in [0.2, 0.25) is 0 Å². The predicted molar refractivity (Wildman–Crippen MR) is 71.1 cm³/mol. The smallest absolute Gasteiger partial charge is 0.115 e. The van der Waals surface area contributed by atoms with Crippen LogP contribution in [-0.4, -0.2) is 39.6 Å². The lowest BCUT2D eigenvalue weighted by Gasteiger charge is -2.43. The second kappa shape index (κ2) is 5.76. The minimum atomic E-state index is -0.508. The van der Waals surface area contributed by atoms with E-state index in [1.807, 2.05) is 0 Å². The predicted octanol–water partition coefficient (Wildman–Crippen LogP) is 2.16. The van der Waals surface area contributed by atoms with Crippen LogP contribution in [0.5, 0.6) is 0 Å². The van der Waals surface area contributed by atoms with Crippen LogP contribution in [-0.2, 0) is 0 Å². The highest BCUT2D eigenvalue weighted by Gasteiger charge is 2.41. The molecule has 100 valence electrons. The number of hydrogen-bond acceptors (Lipinski definition) is 4. The summed E-state index contributed by atoms with van der Waals surface area (Å²) in [5, 5.41) is 10.8. The van der Waals surface area contributed by atoms with E-state index in [0.717, 1.165) is 18.4 Å².